The number of H-pyrrole nitrogens is 1. The summed E-state index contributed by atoms with van der Waals surface area (Å²) in [6.45, 7) is 0.697. The van der Waals surface area contributed by atoms with E-state index in [1.54, 1.807) is 6.07 Å². The first-order chi connectivity index (χ1) is 15.5. The summed E-state index contributed by atoms with van der Waals surface area (Å²) in [5, 5.41) is 19.2. The van der Waals surface area contributed by atoms with Crippen molar-refractivity contribution in [2.24, 2.45) is 0 Å². The molecule has 1 atom stereocenters. The maximum Gasteiger partial charge on any atom is 0.507 e. The van der Waals surface area contributed by atoms with Crippen LogP contribution in [0.15, 0.2) is 46.2 Å². The van der Waals surface area contributed by atoms with E-state index in [0.29, 0.717) is 37.1 Å². The van der Waals surface area contributed by atoms with Crippen LogP contribution in [0.25, 0.3) is 22.5 Å². The van der Waals surface area contributed by atoms with Crippen LogP contribution in [0.1, 0.15) is 24.4 Å². The molecule has 2 aromatic carbocycles. The minimum Gasteiger partial charge on any atom is -0.349 e. The average molecular weight is 472 g/mol. The average Bonchev–Trinajstić information content (AvgIpc) is 3.43. The second-order valence-corrected chi connectivity index (χ2v) is 10.5. The summed E-state index contributed by atoms with van der Waals surface area (Å²) in [7, 11) is -3.70. The molecule has 2 aliphatic rings. The van der Waals surface area contributed by atoms with Gasteiger partial charge >= 0.3 is 16.6 Å². The number of nitrogens with zero attached hydrogens (tertiary/aromatic N) is 3. The van der Waals surface area contributed by atoms with Crippen molar-refractivity contribution in [1.82, 2.24) is 31.3 Å². The fourth-order valence-corrected chi connectivity index (χ4v) is 6.60. The number of benzene rings is 2. The lowest BCUT2D eigenvalue weighted by Crippen LogP contribution is -2.51. The van der Waals surface area contributed by atoms with E-state index in [9.17, 15) is 17.4 Å². The van der Waals surface area contributed by atoms with Gasteiger partial charge in [-0.3, -0.25) is 4.79 Å². The van der Waals surface area contributed by atoms with Crippen LogP contribution in [0.2, 0.25) is 0 Å². The Morgan fingerprint density at radius 2 is 1.97 bits per heavy atom. The highest BCUT2D eigenvalue weighted by Crippen LogP contribution is 2.39. The Balaban J connectivity index is 1.68. The third kappa shape index (κ3) is 3.49. The van der Waals surface area contributed by atoms with E-state index in [2.05, 4.69) is 31.3 Å². The van der Waals surface area contributed by atoms with Gasteiger partial charge in [0.2, 0.25) is 5.91 Å². The molecule has 32 heavy (non-hydrogen) atoms. The number of hydrogen-bond acceptors (Lipinski definition) is 8. The van der Waals surface area contributed by atoms with Crippen LogP contribution in [0, 0.1) is 0 Å². The lowest BCUT2D eigenvalue weighted by Gasteiger charge is -2.26. The highest BCUT2D eigenvalue weighted by molar-refractivity contribution is 7.92. The molecule has 1 unspecified atom stereocenters. The van der Waals surface area contributed by atoms with Crippen molar-refractivity contribution < 1.29 is 17.4 Å². The predicted octanol–water partition coefficient (Wildman–Crippen LogP) is 1.02. The molecule has 3 heterocycles. The molecule has 12 heteroatoms. The molecule has 1 aromatic heterocycles. The van der Waals surface area contributed by atoms with Gasteiger partial charge < -0.3 is 10.6 Å². The van der Waals surface area contributed by atoms with Gasteiger partial charge in [-0.1, -0.05) is 24.3 Å². The lowest BCUT2D eigenvalue weighted by atomic mass is 9.95. The van der Waals surface area contributed by atoms with Crippen LogP contribution in [-0.4, -0.2) is 53.3 Å². The fraction of sp³-hybridized carbons (Fsp3) is 0.300. The number of tetrazole rings is 1. The van der Waals surface area contributed by atoms with Gasteiger partial charge in [0, 0.05) is 23.7 Å². The van der Waals surface area contributed by atoms with Gasteiger partial charge in [-0.05, 0) is 45.7 Å². The third-order valence-electron chi connectivity index (χ3n) is 5.87. The van der Waals surface area contributed by atoms with Gasteiger partial charge in [0.1, 0.15) is 10.5 Å². The molecule has 3 N–H and O–H groups in total. The number of nitrogens with one attached hydrogen (secondary N) is 3. The van der Waals surface area contributed by atoms with Crippen molar-refractivity contribution in [2.75, 3.05) is 13.1 Å². The standard InChI is InChI=1S/C20H18N6O4S2/c27-17-7-5-15(22-17)12-3-1-2-11(8-12)14-4-6-16(32(29,30)13-9-21-10-13)19(31-28)18(14)20-23-25-26-24-20/h1-4,6,8,13,15,21H,5,7,9-10H2,(H-,22,23,24,25,26,27,28)/p+1. The minimum atomic E-state index is -3.70. The SMILES string of the molecule is O=[S+]c1c(S(=O)(=O)C2CNC2)ccc(-c2cccc(C3CCC(=O)N3)c2)c1-c1nnn[nH]1. The minimum absolute atomic E-state index is 0.0129. The van der Waals surface area contributed by atoms with Crippen molar-refractivity contribution in [3.8, 4) is 22.5 Å². The number of rotatable bonds is 6. The topological polar surface area (TPSA) is 147 Å². The normalized spacial score (nSPS) is 18.9. The summed E-state index contributed by atoms with van der Waals surface area (Å²) in [4.78, 5) is 11.7. The summed E-state index contributed by atoms with van der Waals surface area (Å²) in [6.07, 6.45) is 1.18. The van der Waals surface area contributed by atoms with E-state index in [-0.39, 0.29) is 39.2 Å². The molecule has 0 spiro atoms. The summed E-state index contributed by atoms with van der Waals surface area (Å²) in [5.41, 5.74) is 2.66. The predicted molar refractivity (Wildman–Crippen MR) is 115 cm³/mol. The Labute approximate surface area is 187 Å². The van der Waals surface area contributed by atoms with Crippen LogP contribution in [0.4, 0.5) is 0 Å². The zero-order valence-corrected chi connectivity index (χ0v) is 18.4. The zero-order valence-electron chi connectivity index (χ0n) is 16.7. The molecule has 164 valence electrons. The summed E-state index contributed by atoms with van der Waals surface area (Å²) >= 11 is 0.116. The number of aromatic amines is 1. The van der Waals surface area contributed by atoms with Crippen molar-refractivity contribution >= 4 is 27.4 Å². The fourth-order valence-electron chi connectivity index (χ4n) is 4.06. The molecule has 0 aliphatic carbocycles. The molecule has 5 rings (SSSR count). The smallest absolute Gasteiger partial charge is 0.349 e. The Hall–Kier alpha value is -3.09. The molecule has 2 saturated heterocycles. The van der Waals surface area contributed by atoms with E-state index in [0.717, 1.165) is 11.1 Å². The molecule has 3 aromatic rings. The second kappa shape index (κ2) is 8.11. The first kappa shape index (κ1) is 20.8. The Kier molecular flexibility index (Phi) is 5.27. The largest absolute Gasteiger partial charge is 0.507 e. The maximum absolute atomic E-state index is 13.1. The van der Waals surface area contributed by atoms with E-state index < -0.39 is 15.1 Å². The van der Waals surface area contributed by atoms with Crippen molar-refractivity contribution in [3.05, 3.63) is 42.0 Å². The number of amides is 1. The van der Waals surface area contributed by atoms with Crippen molar-refractivity contribution in [2.45, 2.75) is 33.9 Å². The van der Waals surface area contributed by atoms with E-state index >= 15 is 0 Å². The lowest BCUT2D eigenvalue weighted by molar-refractivity contribution is -0.119. The molecule has 1 amide bonds. The van der Waals surface area contributed by atoms with Gasteiger partial charge in [-0.2, -0.15) is 0 Å². The van der Waals surface area contributed by atoms with Crippen molar-refractivity contribution in [3.63, 3.8) is 0 Å². The quantitative estimate of drug-likeness (QED) is 0.452. The van der Waals surface area contributed by atoms with Crippen LogP contribution in [0.5, 0.6) is 0 Å². The Morgan fingerprint density at radius 1 is 1.12 bits per heavy atom. The number of sulfone groups is 1. The van der Waals surface area contributed by atoms with Crippen LogP contribution < -0.4 is 10.6 Å². The summed E-state index contributed by atoms with van der Waals surface area (Å²) in [6, 6.07) is 10.7. The second-order valence-electron chi connectivity index (χ2n) is 7.76. The Bertz CT molecular complexity index is 1310. The zero-order chi connectivity index (χ0) is 22.3. The molecule has 0 radical (unpaired) electrons. The molecular weight excluding hydrogens is 452 g/mol. The van der Waals surface area contributed by atoms with Crippen LogP contribution in [-0.2, 0) is 30.5 Å². The van der Waals surface area contributed by atoms with E-state index in [1.165, 1.54) is 6.07 Å². The summed E-state index contributed by atoms with van der Waals surface area (Å²) < 4.78 is 38.5. The molecule has 10 nitrogen and oxygen atoms in total. The number of hydrogen-bond donors (Lipinski definition) is 3. The first-order valence-corrected chi connectivity index (χ1v) is 12.3. The molecule has 2 fully saturated rings. The van der Waals surface area contributed by atoms with Crippen molar-refractivity contribution in [1.29, 1.82) is 0 Å². The molecular formula is C20H19N6O4S2+. The van der Waals surface area contributed by atoms with Crippen LogP contribution >= 0.6 is 0 Å². The molecule has 0 bridgehead atoms. The van der Waals surface area contributed by atoms with Gasteiger partial charge in [-0.25, -0.2) is 13.5 Å². The highest BCUT2D eigenvalue weighted by Gasteiger charge is 2.40. The summed E-state index contributed by atoms with van der Waals surface area (Å²) in [5.74, 6) is 0.223. The van der Waals surface area contributed by atoms with Crippen LogP contribution in [0.3, 0.4) is 0 Å². The monoisotopic (exact) mass is 471 g/mol. The van der Waals surface area contributed by atoms with E-state index in [1.807, 2.05) is 24.3 Å². The van der Waals surface area contributed by atoms with Gasteiger partial charge in [0.25, 0.3) is 0 Å². The van der Waals surface area contributed by atoms with Gasteiger partial charge in [0.05, 0.1) is 11.3 Å². The third-order valence-corrected chi connectivity index (χ3v) is 8.76. The highest BCUT2D eigenvalue weighted by atomic mass is 32.2. The molecule has 0 saturated carbocycles. The van der Waals surface area contributed by atoms with Gasteiger partial charge in [0.15, 0.2) is 15.7 Å². The number of aromatic nitrogens is 4. The van der Waals surface area contributed by atoms with E-state index in [4.69, 9.17) is 0 Å². The first-order valence-electron chi connectivity index (χ1n) is 10.0. The number of carbonyl (C=O) groups excluding carboxylic acids is 1. The van der Waals surface area contributed by atoms with Gasteiger partial charge in [-0.15, -0.1) is 5.10 Å². The Morgan fingerprint density at radius 3 is 2.59 bits per heavy atom. The number of carbonyl (C=O) groups is 1. The molecule has 2 aliphatic heterocycles. The maximum atomic E-state index is 13.1.